The highest BCUT2D eigenvalue weighted by atomic mass is 16.2. The second-order valence-corrected chi connectivity index (χ2v) is 4.99. The molecule has 2 atom stereocenters. The molecule has 0 aromatic carbocycles. The molecule has 2 amide bonds. The van der Waals surface area contributed by atoms with Crippen molar-refractivity contribution in [1.29, 1.82) is 0 Å². The molecule has 0 aromatic heterocycles. The summed E-state index contributed by atoms with van der Waals surface area (Å²) in [6, 6.07) is -0.621. The van der Waals surface area contributed by atoms with Crippen LogP contribution in [0.25, 0.3) is 0 Å². The second-order valence-electron chi connectivity index (χ2n) is 4.99. The lowest BCUT2D eigenvalue weighted by Gasteiger charge is -2.26. The van der Waals surface area contributed by atoms with Crippen molar-refractivity contribution in [2.24, 2.45) is 0 Å². The highest BCUT2D eigenvalue weighted by Gasteiger charge is 2.26. The Morgan fingerprint density at radius 1 is 1.22 bits per heavy atom. The maximum atomic E-state index is 12.1. The van der Waals surface area contributed by atoms with Gasteiger partial charge in [0.15, 0.2) is 0 Å². The van der Waals surface area contributed by atoms with E-state index in [2.05, 4.69) is 5.32 Å². The van der Waals surface area contributed by atoms with Crippen LogP contribution >= 0.6 is 0 Å². The van der Waals surface area contributed by atoms with Crippen LogP contribution < -0.4 is 5.32 Å². The highest BCUT2D eigenvalue weighted by Crippen LogP contribution is 2.09. The van der Waals surface area contributed by atoms with E-state index in [4.69, 9.17) is 0 Å². The number of hydrogen-bond acceptors (Lipinski definition) is 3. The van der Waals surface area contributed by atoms with Crippen LogP contribution in [0.5, 0.6) is 0 Å². The lowest BCUT2D eigenvalue weighted by Crippen LogP contribution is -2.51. The monoisotopic (exact) mass is 255 g/mol. The number of likely N-dealkylation sites (N-methyl/N-ethyl adjacent to an activating group) is 1. The molecule has 0 radical (unpaired) electrons. The van der Waals surface area contributed by atoms with E-state index >= 15 is 0 Å². The Bertz CT molecular complexity index is 301. The van der Waals surface area contributed by atoms with Gasteiger partial charge in [0.2, 0.25) is 11.8 Å². The zero-order valence-electron chi connectivity index (χ0n) is 11.9. The van der Waals surface area contributed by atoms with Crippen LogP contribution in [0, 0.1) is 0 Å². The van der Waals surface area contributed by atoms with E-state index in [0.717, 1.165) is 25.9 Å². The van der Waals surface area contributed by atoms with Crippen molar-refractivity contribution in [1.82, 2.24) is 15.1 Å². The van der Waals surface area contributed by atoms with Crippen molar-refractivity contribution in [3.05, 3.63) is 0 Å². The Kier molecular flexibility index (Phi) is 5.59. The highest BCUT2D eigenvalue weighted by molar-refractivity contribution is 5.85. The minimum atomic E-state index is -0.323. The Balaban J connectivity index is 2.45. The van der Waals surface area contributed by atoms with Crippen molar-refractivity contribution >= 4 is 11.8 Å². The normalized spacial score (nSPS) is 18.6. The third-order valence-electron chi connectivity index (χ3n) is 3.51. The zero-order valence-corrected chi connectivity index (χ0v) is 11.9. The maximum Gasteiger partial charge on any atom is 0.239 e. The first kappa shape index (κ1) is 15.0. The molecule has 0 spiro atoms. The van der Waals surface area contributed by atoms with Crippen molar-refractivity contribution in [3.63, 3.8) is 0 Å². The molecule has 5 nitrogen and oxygen atoms in total. The summed E-state index contributed by atoms with van der Waals surface area (Å²) in [7, 11) is 1.77. The fourth-order valence-corrected chi connectivity index (χ4v) is 2.22. The molecule has 0 bridgehead atoms. The lowest BCUT2D eigenvalue weighted by atomic mass is 10.2. The predicted octanol–water partition coefficient (Wildman–Crippen LogP) is 0.454. The van der Waals surface area contributed by atoms with Gasteiger partial charge in [0.05, 0.1) is 12.1 Å². The first-order valence-corrected chi connectivity index (χ1v) is 6.77. The van der Waals surface area contributed by atoms with Gasteiger partial charge in [0, 0.05) is 26.7 Å². The van der Waals surface area contributed by atoms with E-state index in [1.165, 1.54) is 0 Å². The van der Waals surface area contributed by atoms with Gasteiger partial charge in [-0.25, -0.2) is 0 Å². The van der Waals surface area contributed by atoms with Crippen molar-refractivity contribution in [2.75, 3.05) is 26.7 Å². The summed E-state index contributed by atoms with van der Waals surface area (Å²) < 4.78 is 0. The van der Waals surface area contributed by atoms with Crippen molar-refractivity contribution in [3.8, 4) is 0 Å². The smallest absolute Gasteiger partial charge is 0.239 e. The van der Waals surface area contributed by atoms with Crippen molar-refractivity contribution in [2.45, 2.75) is 45.7 Å². The van der Waals surface area contributed by atoms with E-state index in [-0.39, 0.29) is 23.9 Å². The van der Waals surface area contributed by atoms with Crippen LogP contribution in [0.1, 0.15) is 33.6 Å². The van der Waals surface area contributed by atoms with Gasteiger partial charge in [0.25, 0.3) is 0 Å². The van der Waals surface area contributed by atoms with Gasteiger partial charge in [-0.05, 0) is 33.6 Å². The fourth-order valence-electron chi connectivity index (χ4n) is 2.22. The van der Waals surface area contributed by atoms with Crippen LogP contribution in [-0.4, -0.2) is 60.4 Å². The van der Waals surface area contributed by atoms with Crippen LogP contribution in [0.2, 0.25) is 0 Å². The van der Waals surface area contributed by atoms with Crippen LogP contribution in [0.15, 0.2) is 0 Å². The number of hydrogen-bond donors (Lipinski definition) is 1. The van der Waals surface area contributed by atoms with Gasteiger partial charge < -0.3 is 9.80 Å². The average molecular weight is 255 g/mol. The molecule has 0 aromatic rings. The van der Waals surface area contributed by atoms with Crippen LogP contribution in [0.3, 0.4) is 0 Å². The Morgan fingerprint density at radius 3 is 2.28 bits per heavy atom. The lowest BCUT2D eigenvalue weighted by molar-refractivity contribution is -0.134. The van der Waals surface area contributed by atoms with Crippen LogP contribution in [-0.2, 0) is 9.59 Å². The number of nitrogens with zero attached hydrogens (tertiary/aromatic N) is 2. The van der Waals surface area contributed by atoms with Crippen molar-refractivity contribution < 1.29 is 9.59 Å². The maximum absolute atomic E-state index is 12.1. The predicted molar refractivity (Wildman–Crippen MR) is 71.2 cm³/mol. The van der Waals surface area contributed by atoms with E-state index in [1.54, 1.807) is 11.9 Å². The number of rotatable bonds is 5. The second kappa shape index (κ2) is 6.73. The summed E-state index contributed by atoms with van der Waals surface area (Å²) in [6.45, 7) is 7.95. The van der Waals surface area contributed by atoms with Crippen LogP contribution in [0.4, 0.5) is 0 Å². The molecule has 0 aliphatic carbocycles. The summed E-state index contributed by atoms with van der Waals surface area (Å²) in [5.74, 6) is 0.130. The summed E-state index contributed by atoms with van der Waals surface area (Å²) >= 11 is 0. The largest absolute Gasteiger partial charge is 0.345 e. The van der Waals surface area contributed by atoms with Gasteiger partial charge in [0.1, 0.15) is 0 Å². The SMILES string of the molecule is CCN(C)C(=O)C(C)NC(C)C(=O)N1CCCC1. The molecule has 1 rings (SSSR count). The third kappa shape index (κ3) is 3.70. The molecule has 1 heterocycles. The molecule has 104 valence electrons. The minimum absolute atomic E-state index is 0.0265. The molecule has 1 N–H and O–H groups in total. The van der Waals surface area contributed by atoms with Gasteiger partial charge in [-0.3, -0.25) is 14.9 Å². The van der Waals surface area contributed by atoms with Gasteiger partial charge in [-0.2, -0.15) is 0 Å². The van der Waals surface area contributed by atoms with Gasteiger partial charge >= 0.3 is 0 Å². The summed E-state index contributed by atoms with van der Waals surface area (Å²) in [5.41, 5.74) is 0. The first-order chi connectivity index (χ1) is 8.47. The summed E-state index contributed by atoms with van der Waals surface area (Å²) in [6.07, 6.45) is 2.18. The number of amides is 2. The van der Waals surface area contributed by atoms with E-state index in [0.29, 0.717) is 6.54 Å². The van der Waals surface area contributed by atoms with Gasteiger partial charge in [-0.15, -0.1) is 0 Å². The molecule has 18 heavy (non-hydrogen) atoms. The van der Waals surface area contributed by atoms with E-state index in [1.807, 2.05) is 25.7 Å². The molecule has 1 saturated heterocycles. The standard InChI is InChI=1S/C13H25N3O2/c1-5-15(4)12(17)10(2)14-11(3)13(18)16-8-6-7-9-16/h10-11,14H,5-9H2,1-4H3. The first-order valence-electron chi connectivity index (χ1n) is 6.77. The van der Waals surface area contributed by atoms with E-state index in [9.17, 15) is 9.59 Å². The zero-order chi connectivity index (χ0) is 13.7. The van der Waals surface area contributed by atoms with Gasteiger partial charge in [-0.1, -0.05) is 0 Å². The molecule has 2 unspecified atom stereocenters. The molecular weight excluding hydrogens is 230 g/mol. The Hall–Kier alpha value is -1.10. The molecule has 1 aliphatic heterocycles. The summed E-state index contributed by atoms with van der Waals surface area (Å²) in [5, 5.41) is 3.09. The molecule has 5 heteroatoms. The Morgan fingerprint density at radius 2 is 1.78 bits per heavy atom. The molecule has 1 fully saturated rings. The molecular formula is C13H25N3O2. The number of nitrogens with one attached hydrogen (secondary N) is 1. The molecule has 0 saturated carbocycles. The number of carbonyl (C=O) groups excluding carboxylic acids is 2. The van der Waals surface area contributed by atoms with E-state index < -0.39 is 0 Å². The third-order valence-corrected chi connectivity index (χ3v) is 3.51. The average Bonchev–Trinajstić information content (AvgIpc) is 2.89. The topological polar surface area (TPSA) is 52.7 Å². The number of carbonyl (C=O) groups is 2. The molecule has 1 aliphatic rings. The number of likely N-dealkylation sites (tertiary alicyclic amines) is 1. The fraction of sp³-hybridized carbons (Fsp3) is 0.846. The Labute approximate surface area is 110 Å². The quantitative estimate of drug-likeness (QED) is 0.776. The summed E-state index contributed by atoms with van der Waals surface area (Å²) in [4.78, 5) is 27.5. The minimum Gasteiger partial charge on any atom is -0.345 e.